The fraction of sp³-hybridized carbons (Fsp3) is 0.357. The molecule has 2 rings (SSSR count). The second-order valence-electron chi connectivity index (χ2n) is 4.41. The van der Waals surface area contributed by atoms with Crippen molar-refractivity contribution in [3.8, 4) is 5.75 Å². The summed E-state index contributed by atoms with van der Waals surface area (Å²) in [6.07, 6.45) is -2.76. The Morgan fingerprint density at radius 1 is 1.29 bits per heavy atom. The van der Waals surface area contributed by atoms with Gasteiger partial charge >= 0.3 is 6.18 Å². The van der Waals surface area contributed by atoms with Gasteiger partial charge in [0.25, 0.3) is 0 Å². The maximum atomic E-state index is 12.6. The van der Waals surface area contributed by atoms with E-state index in [4.69, 9.17) is 4.74 Å². The Morgan fingerprint density at radius 2 is 1.95 bits per heavy atom. The van der Waals surface area contributed by atoms with Crippen LogP contribution < -0.4 is 10.1 Å². The number of methoxy groups -OCH3 is 1. The predicted octanol–water partition coefficient (Wildman–Crippen LogP) is 4.73. The van der Waals surface area contributed by atoms with E-state index in [1.807, 2.05) is 31.2 Å². The minimum absolute atomic E-state index is 0.0943. The van der Waals surface area contributed by atoms with E-state index in [1.54, 1.807) is 7.11 Å². The van der Waals surface area contributed by atoms with Crippen LogP contribution in [0, 0.1) is 0 Å². The maximum Gasteiger partial charge on any atom is 0.427 e. The van der Waals surface area contributed by atoms with Crippen molar-refractivity contribution in [3.63, 3.8) is 0 Å². The quantitative estimate of drug-likeness (QED) is 0.865. The third kappa shape index (κ3) is 3.87. The van der Waals surface area contributed by atoms with E-state index in [2.05, 4.69) is 10.3 Å². The average Bonchev–Trinajstić information content (AvgIpc) is 2.93. The number of anilines is 1. The van der Waals surface area contributed by atoms with Crippen molar-refractivity contribution in [2.75, 3.05) is 12.4 Å². The van der Waals surface area contributed by atoms with Crippen LogP contribution in [0.25, 0.3) is 0 Å². The van der Waals surface area contributed by atoms with Gasteiger partial charge < -0.3 is 10.1 Å². The third-order valence-corrected chi connectivity index (χ3v) is 3.98. The molecule has 1 unspecified atom stereocenters. The number of rotatable bonds is 5. The summed E-state index contributed by atoms with van der Waals surface area (Å²) in [5.41, 5.74) is 0.974. The highest BCUT2D eigenvalue weighted by molar-refractivity contribution is 7.15. The Kier molecular flexibility index (Phi) is 4.72. The Balaban J connectivity index is 2.13. The van der Waals surface area contributed by atoms with Gasteiger partial charge in [0.1, 0.15) is 10.6 Å². The molecule has 0 aliphatic carbocycles. The highest BCUT2D eigenvalue weighted by Crippen LogP contribution is 2.36. The van der Waals surface area contributed by atoms with Crippen LogP contribution in [0.1, 0.15) is 29.8 Å². The fourth-order valence-electron chi connectivity index (χ4n) is 1.88. The van der Waals surface area contributed by atoms with Gasteiger partial charge in [-0.25, -0.2) is 4.98 Å². The van der Waals surface area contributed by atoms with Gasteiger partial charge in [-0.3, -0.25) is 0 Å². The van der Waals surface area contributed by atoms with Crippen LogP contribution in [0.3, 0.4) is 0 Å². The molecule has 0 radical (unpaired) electrons. The SMILES string of the molecule is CCC(Nc1ncc(C(F)(F)F)s1)c1ccc(OC)cc1. The number of nitrogens with zero attached hydrogens (tertiary/aromatic N) is 1. The molecule has 1 aromatic carbocycles. The highest BCUT2D eigenvalue weighted by atomic mass is 32.1. The summed E-state index contributed by atoms with van der Waals surface area (Å²) in [6.45, 7) is 1.96. The molecule has 0 aliphatic heterocycles. The number of aromatic nitrogens is 1. The van der Waals surface area contributed by atoms with Crippen LogP contribution in [0.4, 0.5) is 18.3 Å². The van der Waals surface area contributed by atoms with Crippen LogP contribution in [0.5, 0.6) is 5.75 Å². The highest BCUT2D eigenvalue weighted by Gasteiger charge is 2.33. The predicted molar refractivity (Wildman–Crippen MR) is 76.8 cm³/mol. The number of hydrogen-bond donors (Lipinski definition) is 1. The monoisotopic (exact) mass is 316 g/mol. The van der Waals surface area contributed by atoms with Crippen molar-refractivity contribution < 1.29 is 17.9 Å². The minimum atomic E-state index is -4.35. The lowest BCUT2D eigenvalue weighted by Gasteiger charge is -2.17. The molecule has 0 aliphatic rings. The van der Waals surface area contributed by atoms with Crippen LogP contribution in [0.2, 0.25) is 0 Å². The first-order chi connectivity index (χ1) is 9.94. The Hall–Kier alpha value is -1.76. The molecule has 0 bridgehead atoms. The molecule has 1 aromatic heterocycles. The standard InChI is InChI=1S/C14H15F3N2OS/c1-3-11(9-4-6-10(20-2)7-5-9)19-13-18-8-12(21-13)14(15,16)17/h4-8,11H,3H2,1-2H3,(H,18,19). The summed E-state index contributed by atoms with van der Waals surface area (Å²) >= 11 is 0.614. The summed E-state index contributed by atoms with van der Waals surface area (Å²) in [4.78, 5) is 3.09. The van der Waals surface area contributed by atoms with E-state index in [1.165, 1.54) is 0 Å². The van der Waals surface area contributed by atoms with Gasteiger partial charge in [0.2, 0.25) is 0 Å². The molecule has 0 spiro atoms. The lowest BCUT2D eigenvalue weighted by Crippen LogP contribution is -2.09. The molecule has 0 fully saturated rings. The summed E-state index contributed by atoms with van der Waals surface area (Å²) in [5, 5.41) is 3.31. The van der Waals surface area contributed by atoms with Gasteiger partial charge in [0, 0.05) is 0 Å². The van der Waals surface area contributed by atoms with E-state index in [-0.39, 0.29) is 11.2 Å². The molecule has 0 saturated heterocycles. The van der Waals surface area contributed by atoms with Crippen molar-refractivity contribution in [2.45, 2.75) is 25.6 Å². The van der Waals surface area contributed by atoms with Crippen molar-refractivity contribution in [3.05, 3.63) is 40.9 Å². The van der Waals surface area contributed by atoms with Gasteiger partial charge in [-0.2, -0.15) is 13.2 Å². The van der Waals surface area contributed by atoms with Crippen molar-refractivity contribution in [1.29, 1.82) is 0 Å². The molecule has 2 aromatic rings. The number of benzene rings is 1. The molecular weight excluding hydrogens is 301 g/mol. The molecule has 21 heavy (non-hydrogen) atoms. The summed E-state index contributed by atoms with van der Waals surface area (Å²) in [6, 6.07) is 7.32. The average molecular weight is 316 g/mol. The molecule has 1 heterocycles. The molecule has 114 valence electrons. The second kappa shape index (κ2) is 6.34. The largest absolute Gasteiger partial charge is 0.497 e. The Bertz CT molecular complexity index is 581. The smallest absolute Gasteiger partial charge is 0.427 e. The number of halogens is 3. The van der Waals surface area contributed by atoms with E-state index < -0.39 is 11.1 Å². The third-order valence-electron chi connectivity index (χ3n) is 3.01. The molecule has 0 saturated carbocycles. The first-order valence-corrected chi connectivity index (χ1v) is 7.19. The minimum Gasteiger partial charge on any atom is -0.497 e. The zero-order valence-electron chi connectivity index (χ0n) is 11.6. The number of nitrogens with one attached hydrogen (secondary N) is 1. The van der Waals surface area contributed by atoms with Gasteiger partial charge in [-0.15, -0.1) is 0 Å². The van der Waals surface area contributed by atoms with E-state index in [0.717, 1.165) is 23.9 Å². The van der Waals surface area contributed by atoms with Crippen LogP contribution in [0.15, 0.2) is 30.5 Å². The van der Waals surface area contributed by atoms with Gasteiger partial charge in [-0.1, -0.05) is 30.4 Å². The molecule has 7 heteroatoms. The molecule has 0 amide bonds. The van der Waals surface area contributed by atoms with Crippen LogP contribution in [-0.2, 0) is 6.18 Å². The van der Waals surface area contributed by atoms with Crippen molar-refractivity contribution >= 4 is 16.5 Å². The van der Waals surface area contributed by atoms with Gasteiger partial charge in [0.05, 0.1) is 19.3 Å². The van der Waals surface area contributed by atoms with E-state index in [9.17, 15) is 13.2 Å². The van der Waals surface area contributed by atoms with Crippen LogP contribution in [-0.4, -0.2) is 12.1 Å². The van der Waals surface area contributed by atoms with Crippen molar-refractivity contribution in [1.82, 2.24) is 4.98 Å². The molecule has 1 N–H and O–H groups in total. The molecule has 3 nitrogen and oxygen atoms in total. The van der Waals surface area contributed by atoms with Gasteiger partial charge in [-0.05, 0) is 24.1 Å². The number of hydrogen-bond acceptors (Lipinski definition) is 4. The zero-order chi connectivity index (χ0) is 15.5. The number of ether oxygens (including phenoxy) is 1. The maximum absolute atomic E-state index is 12.6. The molecule has 1 atom stereocenters. The molecular formula is C14H15F3N2OS. The van der Waals surface area contributed by atoms with Crippen molar-refractivity contribution in [2.24, 2.45) is 0 Å². The summed E-state index contributed by atoms with van der Waals surface area (Å²) < 4.78 is 42.8. The summed E-state index contributed by atoms with van der Waals surface area (Å²) in [5.74, 6) is 0.738. The number of thiazole rings is 1. The second-order valence-corrected chi connectivity index (χ2v) is 5.44. The number of alkyl halides is 3. The first-order valence-electron chi connectivity index (χ1n) is 6.37. The zero-order valence-corrected chi connectivity index (χ0v) is 12.4. The Morgan fingerprint density at radius 3 is 2.43 bits per heavy atom. The van der Waals surface area contributed by atoms with E-state index >= 15 is 0 Å². The topological polar surface area (TPSA) is 34.2 Å². The fourth-order valence-corrected chi connectivity index (χ4v) is 2.61. The Labute approximate surface area is 124 Å². The lowest BCUT2D eigenvalue weighted by atomic mass is 10.0. The lowest BCUT2D eigenvalue weighted by molar-refractivity contribution is -0.134. The van der Waals surface area contributed by atoms with E-state index in [0.29, 0.717) is 11.3 Å². The van der Waals surface area contributed by atoms with Gasteiger partial charge in [0.15, 0.2) is 5.13 Å². The summed E-state index contributed by atoms with van der Waals surface area (Å²) in [7, 11) is 1.58. The van der Waals surface area contributed by atoms with Crippen LogP contribution >= 0.6 is 11.3 Å². The first kappa shape index (κ1) is 15.6. The normalized spacial score (nSPS) is 13.0.